The Morgan fingerprint density at radius 1 is 1.28 bits per heavy atom. The Balaban J connectivity index is 1.58. The minimum absolute atomic E-state index is 0.00840. The highest BCUT2D eigenvalue weighted by molar-refractivity contribution is 7.15. The van der Waals surface area contributed by atoms with Crippen LogP contribution in [0.4, 0.5) is 5.00 Å². The van der Waals surface area contributed by atoms with E-state index in [-0.39, 0.29) is 10.9 Å². The minimum atomic E-state index is -0.822. The number of hydrogen-bond donors (Lipinski definition) is 0. The quantitative estimate of drug-likeness (QED) is 0.473. The Bertz CT molecular complexity index is 1180. The number of carbonyl (C=O) groups is 1. The maximum absolute atomic E-state index is 12.2. The molecule has 2 aliphatic rings. The van der Waals surface area contributed by atoms with Crippen molar-refractivity contribution in [3.05, 3.63) is 68.7 Å². The number of rotatable bonds is 4. The highest BCUT2D eigenvalue weighted by atomic mass is 32.1. The standard InChI is InChI=1S/C20H16N4O4S/c1-11(25)23-20(17-8-9-18(29-17)24(26)27)28-19(22-23)14-10-16(12-6-7-12)21-15-5-3-2-4-13(14)15/h2-5,8-10,12,20H,6-7H2,1H3/t20-/m1/s1. The minimum Gasteiger partial charge on any atom is -0.445 e. The molecular formula is C20H16N4O4S. The van der Waals surface area contributed by atoms with Crippen LogP contribution in [0.3, 0.4) is 0 Å². The van der Waals surface area contributed by atoms with Gasteiger partial charge in [0.2, 0.25) is 18.0 Å². The van der Waals surface area contributed by atoms with Gasteiger partial charge >= 0.3 is 5.00 Å². The normalized spacial score (nSPS) is 18.6. The van der Waals surface area contributed by atoms with Crippen molar-refractivity contribution in [3.63, 3.8) is 0 Å². The van der Waals surface area contributed by atoms with Crippen molar-refractivity contribution in [2.75, 3.05) is 0 Å². The van der Waals surface area contributed by atoms with Crippen LogP contribution in [0.1, 0.15) is 48.0 Å². The predicted molar refractivity (Wildman–Crippen MR) is 108 cm³/mol. The summed E-state index contributed by atoms with van der Waals surface area (Å²) in [7, 11) is 0. The van der Waals surface area contributed by atoms with E-state index in [0.717, 1.165) is 46.3 Å². The molecule has 29 heavy (non-hydrogen) atoms. The molecule has 1 aliphatic carbocycles. The third-order valence-corrected chi connectivity index (χ3v) is 6.03. The smallest absolute Gasteiger partial charge is 0.324 e. The summed E-state index contributed by atoms with van der Waals surface area (Å²) in [5.74, 6) is 0.462. The van der Waals surface area contributed by atoms with Crippen molar-refractivity contribution in [2.45, 2.75) is 31.9 Å². The lowest BCUT2D eigenvalue weighted by Gasteiger charge is -2.17. The van der Waals surface area contributed by atoms with Gasteiger partial charge in [-0.2, -0.15) is 5.01 Å². The summed E-state index contributed by atoms with van der Waals surface area (Å²) in [5.41, 5.74) is 2.62. The van der Waals surface area contributed by atoms with Crippen molar-refractivity contribution in [3.8, 4) is 0 Å². The summed E-state index contributed by atoms with van der Waals surface area (Å²) in [6.07, 6.45) is 1.40. The largest absolute Gasteiger partial charge is 0.445 e. The van der Waals surface area contributed by atoms with E-state index in [2.05, 4.69) is 5.10 Å². The van der Waals surface area contributed by atoms with Crippen molar-refractivity contribution in [2.24, 2.45) is 5.10 Å². The first-order chi connectivity index (χ1) is 14.0. The predicted octanol–water partition coefficient (Wildman–Crippen LogP) is 4.32. The second kappa shape index (κ2) is 6.63. The van der Waals surface area contributed by atoms with Gasteiger partial charge in [-0.25, -0.2) is 0 Å². The fourth-order valence-electron chi connectivity index (χ4n) is 3.40. The fourth-order valence-corrected chi connectivity index (χ4v) is 4.23. The van der Waals surface area contributed by atoms with Crippen LogP contribution in [0, 0.1) is 10.1 Å². The molecule has 3 aromatic rings. The first-order valence-corrected chi connectivity index (χ1v) is 10.0. The van der Waals surface area contributed by atoms with Crippen LogP contribution in [0.2, 0.25) is 0 Å². The molecule has 8 nitrogen and oxygen atoms in total. The Morgan fingerprint density at radius 2 is 2.07 bits per heavy atom. The monoisotopic (exact) mass is 408 g/mol. The lowest BCUT2D eigenvalue weighted by molar-refractivity contribution is -0.380. The number of hydrogen-bond acceptors (Lipinski definition) is 7. The van der Waals surface area contributed by atoms with Gasteiger partial charge in [0.15, 0.2) is 0 Å². The van der Waals surface area contributed by atoms with E-state index in [9.17, 15) is 14.9 Å². The van der Waals surface area contributed by atoms with E-state index in [1.54, 1.807) is 6.07 Å². The summed E-state index contributed by atoms with van der Waals surface area (Å²) < 4.78 is 6.08. The Labute approximate surface area is 169 Å². The van der Waals surface area contributed by atoms with Crippen molar-refractivity contribution < 1.29 is 14.5 Å². The fraction of sp³-hybridized carbons (Fsp3) is 0.250. The molecule has 1 aliphatic heterocycles. The second-order valence-electron chi connectivity index (χ2n) is 7.06. The van der Waals surface area contributed by atoms with Gasteiger partial charge in [0.1, 0.15) is 0 Å². The molecule has 0 N–H and O–H groups in total. The number of thiophene rings is 1. The second-order valence-corrected chi connectivity index (χ2v) is 8.15. The molecule has 0 unspecified atom stereocenters. The molecule has 1 atom stereocenters. The third kappa shape index (κ3) is 3.13. The average Bonchev–Trinajstić information content (AvgIpc) is 3.26. The summed E-state index contributed by atoms with van der Waals surface area (Å²) in [6.45, 7) is 1.39. The number of amides is 1. The van der Waals surface area contributed by atoms with Gasteiger partial charge in [0, 0.05) is 35.6 Å². The molecule has 1 aromatic carbocycles. The van der Waals surface area contributed by atoms with Crippen LogP contribution in [0.5, 0.6) is 0 Å². The number of ether oxygens (including phenoxy) is 1. The number of nitro groups is 1. The van der Waals surface area contributed by atoms with Crippen molar-refractivity contribution in [1.82, 2.24) is 9.99 Å². The summed E-state index contributed by atoms with van der Waals surface area (Å²) in [6, 6.07) is 12.7. The van der Waals surface area contributed by atoms with Crippen LogP contribution in [0.25, 0.3) is 10.9 Å². The molecule has 9 heteroatoms. The van der Waals surface area contributed by atoms with Crippen molar-refractivity contribution >= 4 is 39.0 Å². The van der Waals surface area contributed by atoms with Gasteiger partial charge in [-0.15, -0.1) is 5.10 Å². The summed E-state index contributed by atoms with van der Waals surface area (Å²) in [4.78, 5) is 28.1. The molecule has 1 fully saturated rings. The first kappa shape index (κ1) is 17.7. The first-order valence-electron chi connectivity index (χ1n) is 9.20. The van der Waals surface area contributed by atoms with E-state index < -0.39 is 11.2 Å². The molecule has 2 aromatic heterocycles. The van der Waals surface area contributed by atoms with Crippen molar-refractivity contribution in [1.29, 1.82) is 0 Å². The van der Waals surface area contributed by atoms with Crippen LogP contribution >= 0.6 is 11.3 Å². The van der Waals surface area contributed by atoms with Crippen LogP contribution < -0.4 is 0 Å². The number of aromatic nitrogens is 1. The molecule has 1 saturated carbocycles. The van der Waals surface area contributed by atoms with Crippen LogP contribution in [-0.2, 0) is 9.53 Å². The van der Waals surface area contributed by atoms with Gasteiger partial charge in [-0.1, -0.05) is 29.5 Å². The van der Waals surface area contributed by atoms with E-state index in [1.807, 2.05) is 30.3 Å². The molecule has 0 radical (unpaired) electrons. The van der Waals surface area contributed by atoms with E-state index in [0.29, 0.717) is 16.7 Å². The molecule has 1 amide bonds. The van der Waals surface area contributed by atoms with Gasteiger partial charge in [-0.05, 0) is 31.0 Å². The molecule has 0 spiro atoms. The van der Waals surface area contributed by atoms with Crippen LogP contribution in [-0.4, -0.2) is 26.7 Å². The van der Waals surface area contributed by atoms with E-state index in [1.165, 1.54) is 18.0 Å². The Hall–Kier alpha value is -3.33. The molecule has 0 saturated heterocycles. The number of nitrogens with zero attached hydrogens (tertiary/aromatic N) is 4. The molecular weight excluding hydrogens is 392 g/mol. The number of fused-ring (bicyclic) bond motifs is 1. The molecule has 3 heterocycles. The number of benzene rings is 1. The zero-order valence-corrected chi connectivity index (χ0v) is 16.3. The maximum Gasteiger partial charge on any atom is 0.324 e. The lowest BCUT2D eigenvalue weighted by atomic mass is 10.1. The average molecular weight is 408 g/mol. The summed E-state index contributed by atoms with van der Waals surface area (Å²) >= 11 is 0.975. The van der Waals surface area contributed by atoms with Gasteiger partial charge < -0.3 is 4.74 Å². The van der Waals surface area contributed by atoms with Crippen LogP contribution in [0.15, 0.2) is 47.6 Å². The number of para-hydroxylation sites is 1. The van der Waals surface area contributed by atoms with E-state index >= 15 is 0 Å². The van der Waals surface area contributed by atoms with Gasteiger partial charge in [0.05, 0.1) is 15.3 Å². The molecule has 146 valence electrons. The highest BCUT2D eigenvalue weighted by Crippen LogP contribution is 2.42. The maximum atomic E-state index is 12.2. The Kier molecular flexibility index (Phi) is 4.06. The zero-order chi connectivity index (χ0) is 20.1. The molecule has 5 rings (SSSR count). The SMILES string of the molecule is CC(=O)N1N=C(c2cc(C3CC3)nc3ccccc23)O[C@@H]1c1ccc([N+](=O)[O-])s1. The molecule has 0 bridgehead atoms. The Morgan fingerprint density at radius 3 is 2.76 bits per heavy atom. The number of carbonyl (C=O) groups excluding carboxylic acids is 1. The number of hydrazone groups is 1. The zero-order valence-electron chi connectivity index (χ0n) is 15.4. The van der Waals surface area contributed by atoms with Gasteiger partial charge in [-0.3, -0.25) is 19.9 Å². The van der Waals surface area contributed by atoms with E-state index in [4.69, 9.17) is 9.72 Å². The van der Waals surface area contributed by atoms with Gasteiger partial charge in [0.25, 0.3) is 0 Å². The third-order valence-electron chi connectivity index (χ3n) is 4.96. The number of pyridine rings is 1. The highest BCUT2D eigenvalue weighted by Gasteiger charge is 2.36. The lowest BCUT2D eigenvalue weighted by Crippen LogP contribution is -2.24. The topological polar surface area (TPSA) is 97.9 Å². The summed E-state index contributed by atoms with van der Waals surface area (Å²) in [5, 5.41) is 17.6.